The number of nitrogens with zero attached hydrogens (tertiary/aromatic N) is 2. The second kappa shape index (κ2) is 37.2. The summed E-state index contributed by atoms with van der Waals surface area (Å²) in [5, 5.41) is 22.9. The summed E-state index contributed by atoms with van der Waals surface area (Å²) in [4.78, 5) is 0.398. The summed E-state index contributed by atoms with van der Waals surface area (Å²) in [6.07, 6.45) is 39.9. The number of hydrogen-bond donors (Lipinski definition) is 2. The fourth-order valence-corrected chi connectivity index (χ4v) is 15.1. The Kier molecular flexibility index (Phi) is 32.2. The third-order valence-electron chi connectivity index (χ3n) is 17.9. The monoisotopic (exact) mass is 1200 g/mol. The van der Waals surface area contributed by atoms with Gasteiger partial charge in [0.25, 0.3) is 0 Å². The normalized spacial score (nSPS) is 12.6. The summed E-state index contributed by atoms with van der Waals surface area (Å²) >= 11 is 0. The highest BCUT2D eigenvalue weighted by molar-refractivity contribution is 7.89. The third-order valence-corrected chi connectivity index (χ3v) is 21.6. The minimum Gasteiger partial charge on any atom is -0.507 e. The molecule has 0 aliphatic carbocycles. The van der Waals surface area contributed by atoms with Crippen LogP contribution >= 0.6 is 0 Å². The molecule has 4 aromatic carbocycles. The number of aryl methyl sites for hydroxylation is 2. The Morgan fingerprint density at radius 1 is 0.357 bits per heavy atom. The lowest BCUT2D eigenvalue weighted by atomic mass is 9.82. The molecule has 0 heterocycles. The second-order valence-corrected chi connectivity index (χ2v) is 31.1. The molecule has 474 valence electrons. The summed E-state index contributed by atoms with van der Waals surface area (Å²) in [6, 6.07) is 17.9. The van der Waals surface area contributed by atoms with Crippen LogP contribution in [0.25, 0.3) is 11.1 Å². The maximum Gasteiger partial charge on any atom is 0.243 e. The van der Waals surface area contributed by atoms with Gasteiger partial charge in [-0.15, -0.1) is 0 Å². The highest BCUT2D eigenvalue weighted by Gasteiger charge is 2.31. The number of unbranched alkanes of at least 4 members (excludes halogenated alkanes) is 30. The molecule has 0 unspecified atom stereocenters. The molecule has 4 aromatic rings. The average molecular weight is 1200 g/mol. The SMILES string of the molecule is CCCCCCCCCCCCCCCCCCN(Cc1c(C)cc(C(C)(C)C)c(O)c1C)S(=O)(=O)c1ccc(-c2ccc(S(=O)(=O)N(CCCCCCCCCCCCCCCCCC)Cc3c(C)cc(C(C)(C)C)c(O)c3C)cc2)cc1. The van der Waals surface area contributed by atoms with Crippen molar-refractivity contribution in [2.45, 2.75) is 322 Å². The first-order valence-corrected chi connectivity index (χ1v) is 36.7. The highest BCUT2D eigenvalue weighted by Crippen LogP contribution is 2.40. The van der Waals surface area contributed by atoms with Crippen LogP contribution in [0.15, 0.2) is 70.5 Å². The molecule has 84 heavy (non-hydrogen) atoms. The van der Waals surface area contributed by atoms with Crippen molar-refractivity contribution in [1.29, 1.82) is 0 Å². The van der Waals surface area contributed by atoms with Gasteiger partial charge in [0.05, 0.1) is 9.79 Å². The second-order valence-electron chi connectivity index (χ2n) is 27.2. The third kappa shape index (κ3) is 23.8. The molecular weight excluding hydrogens is 1080 g/mol. The Morgan fingerprint density at radius 2 is 0.583 bits per heavy atom. The zero-order valence-corrected chi connectivity index (χ0v) is 57.1. The molecule has 0 saturated heterocycles. The van der Waals surface area contributed by atoms with Crippen molar-refractivity contribution in [2.75, 3.05) is 13.1 Å². The Balaban J connectivity index is 1.45. The quantitative estimate of drug-likeness (QED) is 0.0427. The van der Waals surface area contributed by atoms with E-state index in [4.69, 9.17) is 0 Å². The zero-order chi connectivity index (χ0) is 61.8. The van der Waals surface area contributed by atoms with Crippen LogP contribution in [0.4, 0.5) is 0 Å². The van der Waals surface area contributed by atoms with E-state index in [1.807, 2.05) is 64.1 Å². The van der Waals surface area contributed by atoms with E-state index in [-0.39, 0.29) is 45.2 Å². The van der Waals surface area contributed by atoms with E-state index in [2.05, 4.69) is 55.4 Å². The Morgan fingerprint density at radius 3 is 0.810 bits per heavy atom. The molecule has 0 radical (unpaired) electrons. The van der Waals surface area contributed by atoms with Crippen LogP contribution in [0.5, 0.6) is 11.5 Å². The van der Waals surface area contributed by atoms with Crippen LogP contribution in [0.2, 0.25) is 0 Å². The van der Waals surface area contributed by atoms with Gasteiger partial charge in [0.1, 0.15) is 11.5 Å². The van der Waals surface area contributed by atoms with Gasteiger partial charge in [0.15, 0.2) is 0 Å². The number of sulfonamides is 2. The summed E-state index contributed by atoms with van der Waals surface area (Å²) in [6.45, 7) is 25.9. The van der Waals surface area contributed by atoms with E-state index < -0.39 is 20.0 Å². The van der Waals surface area contributed by atoms with Crippen LogP contribution in [-0.4, -0.2) is 48.7 Å². The lowest BCUT2D eigenvalue weighted by molar-refractivity contribution is 0.386. The molecule has 2 N–H and O–H groups in total. The molecule has 0 spiro atoms. The van der Waals surface area contributed by atoms with E-state index in [1.54, 1.807) is 32.9 Å². The molecule has 10 heteroatoms. The van der Waals surface area contributed by atoms with Gasteiger partial charge in [-0.2, -0.15) is 8.61 Å². The van der Waals surface area contributed by atoms with Crippen molar-refractivity contribution < 1.29 is 27.0 Å². The minimum atomic E-state index is -3.96. The van der Waals surface area contributed by atoms with Crippen LogP contribution in [0, 0.1) is 27.7 Å². The van der Waals surface area contributed by atoms with Crippen molar-refractivity contribution in [2.24, 2.45) is 0 Å². The summed E-state index contributed by atoms with van der Waals surface area (Å²) in [7, 11) is -7.91. The summed E-state index contributed by atoms with van der Waals surface area (Å²) < 4.78 is 62.4. The first kappa shape index (κ1) is 72.8. The van der Waals surface area contributed by atoms with Gasteiger partial charge in [-0.3, -0.25) is 0 Å². The summed E-state index contributed by atoms with van der Waals surface area (Å²) in [5.41, 5.74) is 7.74. The molecular formula is C74H120N2O6S2. The fourth-order valence-electron chi connectivity index (χ4n) is 12.2. The van der Waals surface area contributed by atoms with E-state index in [9.17, 15) is 27.0 Å². The van der Waals surface area contributed by atoms with Crippen molar-refractivity contribution >= 4 is 20.0 Å². The van der Waals surface area contributed by atoms with E-state index in [1.165, 1.54) is 154 Å². The number of hydrogen-bond acceptors (Lipinski definition) is 6. The molecule has 0 aromatic heterocycles. The molecule has 0 saturated carbocycles. The largest absolute Gasteiger partial charge is 0.507 e. The molecule has 0 aliphatic rings. The first-order valence-electron chi connectivity index (χ1n) is 33.8. The molecule has 0 bridgehead atoms. The van der Waals surface area contributed by atoms with E-state index in [0.29, 0.717) is 13.1 Å². The minimum absolute atomic E-state index is 0.160. The zero-order valence-electron chi connectivity index (χ0n) is 55.5. The predicted octanol–water partition coefficient (Wildman–Crippen LogP) is 21.5. The molecule has 8 nitrogen and oxygen atoms in total. The van der Waals surface area contributed by atoms with Gasteiger partial charge >= 0.3 is 0 Å². The molecule has 0 fully saturated rings. The van der Waals surface area contributed by atoms with E-state index >= 15 is 0 Å². The van der Waals surface area contributed by atoms with Crippen LogP contribution in [0.3, 0.4) is 0 Å². The molecule has 0 aliphatic heterocycles. The lowest BCUT2D eigenvalue weighted by Crippen LogP contribution is -2.32. The van der Waals surface area contributed by atoms with Gasteiger partial charge in [-0.25, -0.2) is 16.8 Å². The highest BCUT2D eigenvalue weighted by atomic mass is 32.2. The number of rotatable bonds is 43. The summed E-state index contributed by atoms with van der Waals surface area (Å²) in [5.74, 6) is 0.455. The van der Waals surface area contributed by atoms with Gasteiger partial charge in [-0.1, -0.05) is 284 Å². The van der Waals surface area contributed by atoms with Crippen LogP contribution < -0.4 is 0 Å². The maximum absolute atomic E-state index is 14.8. The lowest BCUT2D eigenvalue weighted by Gasteiger charge is -2.28. The Hall–Kier alpha value is -3.70. The number of benzene rings is 4. The van der Waals surface area contributed by atoms with Crippen molar-refractivity contribution in [3.63, 3.8) is 0 Å². The van der Waals surface area contributed by atoms with Gasteiger partial charge in [0, 0.05) is 26.2 Å². The number of phenolic OH excluding ortho intramolecular Hbond substituents is 2. The Bertz CT molecular complexity index is 2550. The van der Waals surface area contributed by atoms with Crippen molar-refractivity contribution in [1.82, 2.24) is 8.61 Å². The van der Waals surface area contributed by atoms with Gasteiger partial charge < -0.3 is 10.2 Å². The maximum atomic E-state index is 14.8. The number of aromatic hydroxyl groups is 2. The molecule has 0 amide bonds. The standard InChI is InChI=1S/C74H120N2O6S2/c1-13-15-17-19-21-23-25-27-29-31-33-35-37-39-41-43-53-75(57-67-59(3)55-69(73(7,8)9)71(77)61(67)5)83(79,80)65-49-45-63(46-50-65)64-47-51-66(52-48-64)84(81,82)76(58-68-60(4)56-70(74(10,11)12)72(78)62(68)6)54-44-42-40-38-36-34-32-30-28-26-24-22-20-18-16-14-2/h45-52,55-56,77-78H,13-44,53-54,57-58H2,1-12H3. The number of phenols is 2. The van der Waals surface area contributed by atoms with Crippen LogP contribution in [-0.2, 0) is 44.0 Å². The smallest absolute Gasteiger partial charge is 0.243 e. The van der Waals surface area contributed by atoms with Gasteiger partial charge in [-0.05, 0) is 131 Å². The topological polar surface area (TPSA) is 115 Å². The van der Waals surface area contributed by atoms with Crippen molar-refractivity contribution in [3.8, 4) is 22.6 Å². The van der Waals surface area contributed by atoms with Crippen LogP contribution in [0.1, 0.15) is 305 Å². The fraction of sp³-hybridized carbons (Fsp3) is 0.676. The van der Waals surface area contributed by atoms with E-state index in [0.717, 1.165) is 107 Å². The van der Waals surface area contributed by atoms with Crippen molar-refractivity contribution in [3.05, 3.63) is 105 Å². The first-order chi connectivity index (χ1) is 40.0. The average Bonchev–Trinajstić information content (AvgIpc) is 3.48. The molecule has 0 atom stereocenters. The molecule has 4 rings (SSSR count). The Labute approximate surface area is 515 Å². The van der Waals surface area contributed by atoms with Gasteiger partial charge in [0.2, 0.25) is 20.0 Å². The predicted molar refractivity (Wildman–Crippen MR) is 359 cm³/mol.